The van der Waals surface area contributed by atoms with Gasteiger partial charge in [-0.05, 0) is 106 Å². The van der Waals surface area contributed by atoms with Crippen LogP contribution >= 0.6 is 23.6 Å². The van der Waals surface area contributed by atoms with Gasteiger partial charge in [0.15, 0.2) is 5.11 Å². The summed E-state index contributed by atoms with van der Waals surface area (Å²) in [5.41, 5.74) is 1.95. The Labute approximate surface area is 189 Å². The number of thiophene rings is 1. The van der Waals surface area contributed by atoms with Gasteiger partial charge < -0.3 is 15.4 Å². The smallest absolute Gasteiger partial charge is 0.341 e. The molecule has 0 aromatic carbocycles. The first-order valence-corrected chi connectivity index (χ1v) is 13.2. The number of esters is 1. The van der Waals surface area contributed by atoms with Gasteiger partial charge in [0.05, 0.1) is 12.2 Å². The Morgan fingerprint density at radius 1 is 1.03 bits per heavy atom. The second-order valence-electron chi connectivity index (χ2n) is 9.90. The zero-order valence-electron chi connectivity index (χ0n) is 18.0. The van der Waals surface area contributed by atoms with E-state index in [1.165, 1.54) is 61.8 Å². The summed E-state index contributed by atoms with van der Waals surface area (Å²) in [4.78, 5) is 14.2. The molecule has 0 amide bonds. The molecule has 6 heteroatoms. The van der Waals surface area contributed by atoms with Gasteiger partial charge in [0.2, 0.25) is 0 Å². The summed E-state index contributed by atoms with van der Waals surface area (Å²) >= 11 is 7.49. The highest BCUT2D eigenvalue weighted by atomic mass is 32.1. The van der Waals surface area contributed by atoms with Crippen molar-refractivity contribution in [2.24, 2.45) is 23.7 Å². The van der Waals surface area contributed by atoms with Crippen molar-refractivity contribution in [3.05, 3.63) is 16.0 Å². The van der Waals surface area contributed by atoms with Crippen LogP contribution in [0.5, 0.6) is 0 Å². The van der Waals surface area contributed by atoms with E-state index in [0.29, 0.717) is 17.8 Å². The Morgan fingerprint density at radius 3 is 2.37 bits per heavy atom. The van der Waals surface area contributed by atoms with Gasteiger partial charge in [-0.2, -0.15) is 0 Å². The number of hydrogen-bond donors (Lipinski definition) is 2. The quantitative estimate of drug-likeness (QED) is 0.459. The zero-order valence-corrected chi connectivity index (χ0v) is 19.6. The minimum absolute atomic E-state index is 0.199. The predicted molar refractivity (Wildman–Crippen MR) is 126 cm³/mol. The van der Waals surface area contributed by atoms with Crippen LogP contribution in [0.3, 0.4) is 0 Å². The monoisotopic (exact) mass is 446 g/mol. The van der Waals surface area contributed by atoms with Crippen molar-refractivity contribution >= 4 is 39.6 Å². The highest BCUT2D eigenvalue weighted by Crippen LogP contribution is 2.53. The lowest BCUT2D eigenvalue weighted by Gasteiger charge is -2.54. The number of carbonyl (C=O) groups excluding carboxylic acids is 1. The van der Waals surface area contributed by atoms with Gasteiger partial charge in [0.1, 0.15) is 5.00 Å². The summed E-state index contributed by atoms with van der Waals surface area (Å²) < 4.78 is 5.44. The topological polar surface area (TPSA) is 50.4 Å². The van der Waals surface area contributed by atoms with Crippen molar-refractivity contribution < 1.29 is 9.53 Å². The largest absolute Gasteiger partial charge is 0.462 e. The van der Waals surface area contributed by atoms with Crippen LogP contribution < -0.4 is 10.6 Å². The molecule has 4 nitrogen and oxygen atoms in total. The van der Waals surface area contributed by atoms with Gasteiger partial charge in [-0.15, -0.1) is 11.3 Å². The van der Waals surface area contributed by atoms with E-state index in [1.807, 2.05) is 6.92 Å². The van der Waals surface area contributed by atoms with Gasteiger partial charge in [-0.25, -0.2) is 4.79 Å². The van der Waals surface area contributed by atoms with E-state index in [-0.39, 0.29) is 5.97 Å². The van der Waals surface area contributed by atoms with Crippen molar-refractivity contribution in [3.8, 4) is 0 Å². The first kappa shape index (κ1) is 20.7. The van der Waals surface area contributed by atoms with Crippen LogP contribution in [0.25, 0.3) is 0 Å². The maximum Gasteiger partial charge on any atom is 0.341 e. The van der Waals surface area contributed by atoms with E-state index in [2.05, 4.69) is 10.6 Å². The van der Waals surface area contributed by atoms with Gasteiger partial charge >= 0.3 is 5.97 Å². The van der Waals surface area contributed by atoms with E-state index in [1.54, 1.807) is 11.3 Å². The number of ether oxygens (including phenoxy) is 1. The van der Waals surface area contributed by atoms with Crippen molar-refractivity contribution in [2.45, 2.75) is 83.6 Å². The second kappa shape index (κ2) is 8.78. The lowest BCUT2D eigenvalue weighted by Crippen LogP contribution is -2.56. The van der Waals surface area contributed by atoms with Crippen LogP contribution in [0.15, 0.2) is 0 Å². The van der Waals surface area contributed by atoms with Gasteiger partial charge in [0, 0.05) is 10.9 Å². The second-order valence-corrected chi connectivity index (χ2v) is 11.4. The molecule has 0 aliphatic heterocycles. The van der Waals surface area contributed by atoms with Crippen molar-refractivity contribution in [3.63, 3.8) is 0 Å². The minimum atomic E-state index is -0.199. The number of anilines is 1. The number of thiocarbonyl (C=S) groups is 1. The molecular formula is C24H34N2O2S2. The fourth-order valence-electron chi connectivity index (χ4n) is 6.88. The number of hydrogen-bond acceptors (Lipinski definition) is 4. The Bertz CT molecular complexity index is 790. The van der Waals surface area contributed by atoms with E-state index in [4.69, 9.17) is 17.0 Å². The lowest BCUT2D eigenvalue weighted by atomic mass is 9.54. The van der Waals surface area contributed by atoms with Crippen molar-refractivity contribution in [2.75, 3.05) is 11.9 Å². The fraction of sp³-hybridized carbons (Fsp3) is 0.750. The summed E-state index contributed by atoms with van der Waals surface area (Å²) in [6.07, 6.45) is 13.8. The minimum Gasteiger partial charge on any atom is -0.462 e. The highest BCUT2D eigenvalue weighted by molar-refractivity contribution is 7.80. The molecule has 4 bridgehead atoms. The average Bonchev–Trinajstić information content (AvgIpc) is 3.00. The van der Waals surface area contributed by atoms with E-state index in [0.717, 1.165) is 53.5 Å². The summed E-state index contributed by atoms with van der Waals surface area (Å²) in [5, 5.41) is 8.71. The van der Waals surface area contributed by atoms with Crippen LogP contribution in [0.2, 0.25) is 0 Å². The molecular weight excluding hydrogens is 412 g/mol. The fourth-order valence-corrected chi connectivity index (χ4v) is 8.46. The van der Waals surface area contributed by atoms with Gasteiger partial charge in [-0.1, -0.05) is 12.8 Å². The van der Waals surface area contributed by atoms with Crippen molar-refractivity contribution in [1.29, 1.82) is 0 Å². The van der Waals surface area contributed by atoms with E-state index < -0.39 is 0 Å². The van der Waals surface area contributed by atoms with Crippen molar-refractivity contribution in [1.82, 2.24) is 5.32 Å². The molecule has 5 aliphatic carbocycles. The molecule has 2 N–H and O–H groups in total. The Kier molecular flexibility index (Phi) is 6.07. The molecule has 164 valence electrons. The number of carbonyl (C=O) groups is 1. The molecule has 0 radical (unpaired) electrons. The summed E-state index contributed by atoms with van der Waals surface area (Å²) in [5.74, 6) is 3.26. The first-order valence-electron chi connectivity index (χ1n) is 12.0. The summed E-state index contributed by atoms with van der Waals surface area (Å²) in [6, 6.07) is 0.504. The molecule has 0 spiro atoms. The molecule has 6 rings (SSSR count). The van der Waals surface area contributed by atoms with Crippen LogP contribution in [0, 0.1) is 23.7 Å². The Morgan fingerprint density at radius 2 is 1.70 bits per heavy atom. The molecule has 0 atom stereocenters. The Hall–Kier alpha value is -1.14. The maximum absolute atomic E-state index is 12.8. The predicted octanol–water partition coefficient (Wildman–Crippen LogP) is 5.69. The van der Waals surface area contributed by atoms with Gasteiger partial charge in [-0.3, -0.25) is 0 Å². The zero-order chi connectivity index (χ0) is 20.7. The normalized spacial score (nSPS) is 32.1. The third-order valence-corrected chi connectivity index (χ3v) is 9.33. The van der Waals surface area contributed by atoms with E-state index >= 15 is 0 Å². The van der Waals surface area contributed by atoms with E-state index in [9.17, 15) is 4.79 Å². The molecule has 5 aliphatic rings. The molecule has 1 heterocycles. The third-order valence-electron chi connectivity index (χ3n) is 7.90. The SMILES string of the molecule is CCOC(=O)c1c(NC(=S)NC2C3CC4CC(C3)CC2C4)sc2c1CCCCCC2. The highest BCUT2D eigenvalue weighted by Gasteiger charge is 2.48. The average molecular weight is 447 g/mol. The van der Waals surface area contributed by atoms with Gasteiger partial charge in [0.25, 0.3) is 0 Å². The number of rotatable bonds is 4. The maximum atomic E-state index is 12.8. The first-order chi connectivity index (χ1) is 14.6. The van der Waals surface area contributed by atoms with Crippen LogP contribution in [0.1, 0.15) is 85.5 Å². The van der Waals surface area contributed by atoms with Crippen LogP contribution in [0.4, 0.5) is 5.00 Å². The lowest BCUT2D eigenvalue weighted by molar-refractivity contribution is -0.00665. The molecule has 1 aromatic heterocycles. The Balaban J connectivity index is 1.34. The molecule has 30 heavy (non-hydrogen) atoms. The summed E-state index contributed by atoms with van der Waals surface area (Å²) in [6.45, 7) is 2.28. The number of fused-ring (bicyclic) bond motifs is 1. The molecule has 1 aromatic rings. The van der Waals surface area contributed by atoms with Crippen LogP contribution in [-0.2, 0) is 17.6 Å². The molecule has 0 saturated heterocycles. The molecule has 4 fully saturated rings. The number of aryl methyl sites for hydroxylation is 1. The third kappa shape index (κ3) is 4.02. The van der Waals surface area contributed by atoms with Crippen LogP contribution in [-0.4, -0.2) is 23.7 Å². The standard InChI is InChI=1S/C24H34N2O2S2/c1-2-28-23(27)20-18-7-5-3-4-6-8-19(18)30-22(20)26-24(29)25-21-16-10-14-9-15(12-16)13-17(21)11-14/h14-17,21H,2-13H2,1H3,(H2,25,26,29). The molecule has 0 unspecified atom stereocenters. The summed E-state index contributed by atoms with van der Waals surface area (Å²) in [7, 11) is 0. The number of nitrogens with one attached hydrogen (secondary N) is 2. The molecule has 4 saturated carbocycles.